The molecule has 0 saturated carbocycles. The van der Waals surface area contributed by atoms with Gasteiger partial charge in [0.1, 0.15) is 0 Å². The zero-order valence-electron chi connectivity index (χ0n) is 13.1. The molecule has 3 rings (SSSR count). The molecule has 1 amide bonds. The van der Waals surface area contributed by atoms with Crippen molar-refractivity contribution in [3.05, 3.63) is 0 Å². The SMILES string of the molecule is O=C(CC1CCCN1)N1CCCCC1CN1CCOCC1. The van der Waals surface area contributed by atoms with E-state index in [1.807, 2.05) is 0 Å². The maximum atomic E-state index is 12.6. The number of piperidine rings is 1. The number of carbonyl (C=O) groups excluding carboxylic acids is 1. The Balaban J connectivity index is 1.53. The summed E-state index contributed by atoms with van der Waals surface area (Å²) in [5.74, 6) is 0.368. The molecule has 5 nitrogen and oxygen atoms in total. The lowest BCUT2D eigenvalue weighted by Gasteiger charge is -2.40. The van der Waals surface area contributed by atoms with Crippen molar-refractivity contribution in [3.8, 4) is 0 Å². The van der Waals surface area contributed by atoms with E-state index in [1.165, 1.54) is 25.7 Å². The molecule has 3 fully saturated rings. The predicted molar refractivity (Wildman–Crippen MR) is 82.3 cm³/mol. The molecule has 0 spiro atoms. The highest BCUT2D eigenvalue weighted by atomic mass is 16.5. The number of likely N-dealkylation sites (tertiary alicyclic amines) is 1. The quantitative estimate of drug-likeness (QED) is 0.835. The summed E-state index contributed by atoms with van der Waals surface area (Å²) in [5, 5.41) is 3.45. The molecule has 2 atom stereocenters. The number of rotatable bonds is 4. The molecule has 120 valence electrons. The zero-order chi connectivity index (χ0) is 14.5. The molecular weight excluding hydrogens is 266 g/mol. The van der Waals surface area contributed by atoms with Crippen molar-refractivity contribution >= 4 is 5.91 Å². The first kappa shape index (κ1) is 15.3. The van der Waals surface area contributed by atoms with E-state index in [4.69, 9.17) is 4.74 Å². The van der Waals surface area contributed by atoms with Crippen LogP contribution in [0.25, 0.3) is 0 Å². The van der Waals surface area contributed by atoms with Crippen molar-refractivity contribution in [3.63, 3.8) is 0 Å². The fourth-order valence-electron chi connectivity index (χ4n) is 3.86. The number of nitrogens with one attached hydrogen (secondary N) is 1. The van der Waals surface area contributed by atoms with Crippen LogP contribution in [0.15, 0.2) is 0 Å². The Hall–Kier alpha value is -0.650. The summed E-state index contributed by atoms with van der Waals surface area (Å²) in [6, 6.07) is 0.842. The molecule has 1 N–H and O–H groups in total. The summed E-state index contributed by atoms with van der Waals surface area (Å²) in [4.78, 5) is 17.3. The molecule has 5 heteroatoms. The molecular formula is C16H29N3O2. The van der Waals surface area contributed by atoms with Crippen LogP contribution in [0.5, 0.6) is 0 Å². The van der Waals surface area contributed by atoms with Crippen LogP contribution in [0.4, 0.5) is 0 Å². The monoisotopic (exact) mass is 295 g/mol. The predicted octanol–water partition coefficient (Wildman–Crippen LogP) is 0.842. The van der Waals surface area contributed by atoms with Crippen LogP contribution < -0.4 is 5.32 Å². The zero-order valence-corrected chi connectivity index (χ0v) is 13.1. The van der Waals surface area contributed by atoms with Crippen LogP contribution in [-0.2, 0) is 9.53 Å². The highest BCUT2D eigenvalue weighted by Crippen LogP contribution is 2.21. The van der Waals surface area contributed by atoms with Gasteiger partial charge in [-0.05, 0) is 38.6 Å². The smallest absolute Gasteiger partial charge is 0.224 e. The Bertz CT molecular complexity index is 338. The molecule has 0 aliphatic carbocycles. The lowest BCUT2D eigenvalue weighted by Crippen LogP contribution is -2.52. The summed E-state index contributed by atoms with van der Waals surface area (Å²) in [5.41, 5.74) is 0. The van der Waals surface area contributed by atoms with Crippen molar-refractivity contribution in [2.45, 2.75) is 50.6 Å². The molecule has 0 aromatic carbocycles. The van der Waals surface area contributed by atoms with Crippen LogP contribution in [0, 0.1) is 0 Å². The minimum atomic E-state index is 0.368. The van der Waals surface area contributed by atoms with Crippen molar-refractivity contribution < 1.29 is 9.53 Å². The van der Waals surface area contributed by atoms with Gasteiger partial charge in [-0.1, -0.05) is 0 Å². The van der Waals surface area contributed by atoms with E-state index in [9.17, 15) is 4.79 Å². The fourth-order valence-corrected chi connectivity index (χ4v) is 3.86. The Morgan fingerprint density at radius 3 is 2.71 bits per heavy atom. The highest BCUT2D eigenvalue weighted by Gasteiger charge is 2.30. The second kappa shape index (κ2) is 7.56. The second-order valence-electron chi connectivity index (χ2n) is 6.65. The van der Waals surface area contributed by atoms with E-state index < -0.39 is 0 Å². The normalized spacial score (nSPS) is 31.5. The molecule has 3 saturated heterocycles. The molecule has 3 heterocycles. The summed E-state index contributed by atoms with van der Waals surface area (Å²) < 4.78 is 5.42. The Labute approximate surface area is 128 Å². The number of amides is 1. The Morgan fingerprint density at radius 1 is 1.10 bits per heavy atom. The van der Waals surface area contributed by atoms with Gasteiger partial charge in [-0.2, -0.15) is 0 Å². The van der Waals surface area contributed by atoms with Crippen molar-refractivity contribution in [2.24, 2.45) is 0 Å². The largest absolute Gasteiger partial charge is 0.379 e. The van der Waals surface area contributed by atoms with Crippen LogP contribution >= 0.6 is 0 Å². The number of hydrogen-bond donors (Lipinski definition) is 1. The Kier molecular flexibility index (Phi) is 5.49. The molecule has 3 aliphatic rings. The first-order valence-corrected chi connectivity index (χ1v) is 8.66. The average Bonchev–Trinajstić information content (AvgIpc) is 3.02. The molecule has 21 heavy (non-hydrogen) atoms. The van der Waals surface area contributed by atoms with E-state index in [0.717, 1.165) is 52.4 Å². The summed E-state index contributed by atoms with van der Waals surface area (Å²) in [6.45, 7) is 6.79. The van der Waals surface area contributed by atoms with Gasteiger partial charge in [0.05, 0.1) is 13.2 Å². The van der Waals surface area contributed by atoms with E-state index in [-0.39, 0.29) is 0 Å². The van der Waals surface area contributed by atoms with E-state index in [1.54, 1.807) is 0 Å². The molecule has 0 aromatic rings. The molecule has 3 aliphatic heterocycles. The van der Waals surface area contributed by atoms with E-state index in [2.05, 4.69) is 15.1 Å². The van der Waals surface area contributed by atoms with Gasteiger partial charge >= 0.3 is 0 Å². The number of morpholine rings is 1. The number of hydrogen-bond acceptors (Lipinski definition) is 4. The summed E-state index contributed by atoms with van der Waals surface area (Å²) in [7, 11) is 0. The van der Waals surface area contributed by atoms with Gasteiger partial charge < -0.3 is 15.0 Å². The number of nitrogens with zero attached hydrogens (tertiary/aromatic N) is 2. The third-order valence-corrected chi connectivity index (χ3v) is 5.10. The minimum absolute atomic E-state index is 0.368. The maximum Gasteiger partial charge on any atom is 0.224 e. The topological polar surface area (TPSA) is 44.8 Å². The van der Waals surface area contributed by atoms with Crippen molar-refractivity contribution in [2.75, 3.05) is 45.9 Å². The molecule has 2 unspecified atom stereocenters. The second-order valence-corrected chi connectivity index (χ2v) is 6.65. The van der Waals surface area contributed by atoms with E-state index in [0.29, 0.717) is 24.4 Å². The number of carbonyl (C=O) groups is 1. The first-order chi connectivity index (χ1) is 10.3. The van der Waals surface area contributed by atoms with Crippen molar-refractivity contribution in [1.82, 2.24) is 15.1 Å². The molecule has 0 aromatic heterocycles. The third-order valence-electron chi connectivity index (χ3n) is 5.10. The fraction of sp³-hybridized carbons (Fsp3) is 0.938. The van der Waals surface area contributed by atoms with Gasteiger partial charge in [0.2, 0.25) is 5.91 Å². The van der Waals surface area contributed by atoms with Gasteiger partial charge in [-0.15, -0.1) is 0 Å². The maximum absolute atomic E-state index is 12.6. The lowest BCUT2D eigenvalue weighted by molar-refractivity contribution is -0.136. The molecule has 0 bridgehead atoms. The van der Waals surface area contributed by atoms with Crippen LogP contribution in [0.3, 0.4) is 0 Å². The molecule has 0 radical (unpaired) electrons. The standard InChI is InChI=1S/C16H29N3O2/c20-16(12-14-4-3-6-17-14)19-7-2-1-5-15(19)13-18-8-10-21-11-9-18/h14-15,17H,1-13H2. The van der Waals surface area contributed by atoms with Crippen LogP contribution in [0.2, 0.25) is 0 Å². The van der Waals surface area contributed by atoms with Gasteiger partial charge in [0.15, 0.2) is 0 Å². The van der Waals surface area contributed by atoms with E-state index >= 15 is 0 Å². The first-order valence-electron chi connectivity index (χ1n) is 8.66. The van der Waals surface area contributed by atoms with Crippen LogP contribution in [0.1, 0.15) is 38.5 Å². The van der Waals surface area contributed by atoms with Gasteiger partial charge in [-0.3, -0.25) is 9.69 Å². The third kappa shape index (κ3) is 4.18. The summed E-state index contributed by atoms with van der Waals surface area (Å²) in [6.07, 6.45) is 6.67. The van der Waals surface area contributed by atoms with Gasteiger partial charge in [0, 0.05) is 44.7 Å². The number of ether oxygens (including phenoxy) is 1. The highest BCUT2D eigenvalue weighted by molar-refractivity contribution is 5.77. The van der Waals surface area contributed by atoms with Gasteiger partial charge in [0.25, 0.3) is 0 Å². The lowest BCUT2D eigenvalue weighted by atomic mass is 10.00. The average molecular weight is 295 g/mol. The van der Waals surface area contributed by atoms with Crippen molar-refractivity contribution in [1.29, 1.82) is 0 Å². The van der Waals surface area contributed by atoms with Gasteiger partial charge in [-0.25, -0.2) is 0 Å². The minimum Gasteiger partial charge on any atom is -0.379 e. The summed E-state index contributed by atoms with van der Waals surface area (Å²) >= 11 is 0. The van der Waals surface area contributed by atoms with Crippen LogP contribution in [-0.4, -0.2) is 73.7 Å². The Morgan fingerprint density at radius 2 is 1.95 bits per heavy atom.